The molecule has 6 N–H and O–H groups in total. The van der Waals surface area contributed by atoms with Crippen molar-refractivity contribution in [3.63, 3.8) is 0 Å². The van der Waals surface area contributed by atoms with Gasteiger partial charge in [0.25, 0.3) is 0 Å². The number of nitrogen functional groups attached to an aromatic ring is 1. The Bertz CT molecular complexity index is 1040. The number of amidine groups is 1. The van der Waals surface area contributed by atoms with Crippen LogP contribution in [0.5, 0.6) is 0 Å². The molecule has 0 bridgehead atoms. The van der Waals surface area contributed by atoms with Crippen LogP contribution in [0.1, 0.15) is 69.4 Å². The third kappa shape index (κ3) is 8.04. The number of ether oxygens (including phenoxy) is 1. The van der Waals surface area contributed by atoms with Crippen LogP contribution in [0.4, 0.5) is 0 Å². The lowest BCUT2D eigenvalue weighted by atomic mass is 9.83. The molecule has 0 aromatic heterocycles. The van der Waals surface area contributed by atoms with E-state index >= 15 is 0 Å². The van der Waals surface area contributed by atoms with Crippen molar-refractivity contribution in [2.75, 3.05) is 26.7 Å². The molecule has 10 nitrogen and oxygen atoms in total. The third-order valence-electron chi connectivity index (χ3n) is 8.69. The van der Waals surface area contributed by atoms with Crippen molar-refractivity contribution in [1.82, 2.24) is 20.9 Å². The van der Waals surface area contributed by atoms with E-state index in [-0.39, 0.29) is 48.0 Å². The van der Waals surface area contributed by atoms with Crippen LogP contribution in [-0.2, 0) is 25.5 Å². The van der Waals surface area contributed by atoms with Gasteiger partial charge in [-0.1, -0.05) is 37.1 Å². The maximum Gasteiger partial charge on any atom is 0.243 e. The lowest BCUT2D eigenvalue weighted by Crippen LogP contribution is -2.56. The molecule has 3 fully saturated rings. The number of rotatable bonds is 4. The standard InChI is InChI=1S/C30H46N6O4/c1-19-28(37)35-24(18-20-9-11-23(12-10-20)27(31)32)29(38)34-15-5-7-21-6-3-4-8-25(21)40-17-16-33-26(22-13-14-22)30(39)36(19)2/h9-12,19,21-22,24-26,33H,3-8,13-18H2,1-2H3,(H3,31,32)(H,34,38)(H,35,37)/t19-,21?,24-,25?,26+/m1/s1. The first-order chi connectivity index (χ1) is 19.2. The molecule has 1 saturated heterocycles. The molecular weight excluding hydrogens is 508 g/mol. The third-order valence-corrected chi connectivity index (χ3v) is 8.69. The second-order valence-electron chi connectivity index (χ2n) is 11.7. The van der Waals surface area contributed by atoms with Crippen molar-refractivity contribution in [2.45, 2.75) is 88.9 Å². The van der Waals surface area contributed by atoms with Crippen LogP contribution in [0.15, 0.2) is 24.3 Å². The highest BCUT2D eigenvalue weighted by molar-refractivity contribution is 5.95. The molecule has 1 aromatic rings. The smallest absolute Gasteiger partial charge is 0.243 e. The minimum atomic E-state index is -0.802. The number of nitrogens with one attached hydrogen (secondary N) is 4. The van der Waals surface area contributed by atoms with Gasteiger partial charge < -0.3 is 31.3 Å². The van der Waals surface area contributed by atoms with Gasteiger partial charge in [-0.3, -0.25) is 19.8 Å². The molecule has 1 aliphatic heterocycles. The highest BCUT2D eigenvalue weighted by Gasteiger charge is 2.39. The zero-order valence-corrected chi connectivity index (χ0v) is 23.9. The Kier molecular flexibility index (Phi) is 10.6. The largest absolute Gasteiger partial charge is 0.384 e. The second-order valence-corrected chi connectivity index (χ2v) is 11.7. The molecule has 0 spiro atoms. The lowest BCUT2D eigenvalue weighted by Gasteiger charge is -2.33. The first-order valence-electron chi connectivity index (χ1n) is 14.9. The van der Waals surface area contributed by atoms with Gasteiger partial charge in [-0.2, -0.15) is 0 Å². The number of amides is 3. The molecule has 0 radical (unpaired) electrons. The molecule has 1 aromatic carbocycles. The summed E-state index contributed by atoms with van der Waals surface area (Å²) in [5.41, 5.74) is 7.01. The van der Waals surface area contributed by atoms with Gasteiger partial charge in [0.05, 0.1) is 18.8 Å². The van der Waals surface area contributed by atoms with Crippen molar-refractivity contribution >= 4 is 23.6 Å². The van der Waals surface area contributed by atoms with Crippen LogP contribution in [0.3, 0.4) is 0 Å². The van der Waals surface area contributed by atoms with E-state index in [2.05, 4.69) is 16.0 Å². The maximum absolute atomic E-state index is 13.5. The van der Waals surface area contributed by atoms with Gasteiger partial charge in [-0.25, -0.2) is 0 Å². The van der Waals surface area contributed by atoms with E-state index < -0.39 is 12.1 Å². The predicted molar refractivity (Wildman–Crippen MR) is 154 cm³/mol. The van der Waals surface area contributed by atoms with Gasteiger partial charge in [0, 0.05) is 32.1 Å². The van der Waals surface area contributed by atoms with Gasteiger partial charge >= 0.3 is 0 Å². The molecule has 2 saturated carbocycles. The topological polar surface area (TPSA) is 150 Å². The summed E-state index contributed by atoms with van der Waals surface area (Å²) in [6.45, 7) is 3.38. The van der Waals surface area contributed by atoms with E-state index in [9.17, 15) is 14.4 Å². The fourth-order valence-corrected chi connectivity index (χ4v) is 5.88. The summed E-state index contributed by atoms with van der Waals surface area (Å²) in [7, 11) is 1.65. The maximum atomic E-state index is 13.5. The Hall–Kier alpha value is -2.98. The van der Waals surface area contributed by atoms with E-state index in [0.717, 1.165) is 44.1 Å². The first-order valence-corrected chi connectivity index (χ1v) is 14.9. The van der Waals surface area contributed by atoms with Crippen molar-refractivity contribution in [3.8, 4) is 0 Å². The zero-order valence-electron chi connectivity index (χ0n) is 23.9. The Morgan fingerprint density at radius 3 is 2.38 bits per heavy atom. The number of fused-ring (bicyclic) bond motifs is 1. The molecule has 5 atom stereocenters. The Morgan fingerprint density at radius 1 is 0.975 bits per heavy atom. The highest BCUT2D eigenvalue weighted by atomic mass is 16.5. The highest BCUT2D eigenvalue weighted by Crippen LogP contribution is 2.34. The normalized spacial score (nSPS) is 29.9. The molecule has 40 heavy (non-hydrogen) atoms. The average Bonchev–Trinajstić information content (AvgIpc) is 3.79. The number of benzene rings is 1. The first kappa shape index (κ1) is 30.0. The van der Waals surface area contributed by atoms with Crippen molar-refractivity contribution in [1.29, 1.82) is 5.41 Å². The van der Waals surface area contributed by atoms with Crippen LogP contribution in [0.25, 0.3) is 0 Å². The Morgan fingerprint density at radius 2 is 1.68 bits per heavy atom. The molecule has 3 amide bonds. The minimum Gasteiger partial charge on any atom is -0.384 e. The number of hydrogen-bond acceptors (Lipinski definition) is 6. The number of hydrogen-bond donors (Lipinski definition) is 5. The fraction of sp³-hybridized carbons (Fsp3) is 0.667. The van der Waals surface area contributed by atoms with Crippen molar-refractivity contribution in [3.05, 3.63) is 35.4 Å². The summed E-state index contributed by atoms with van der Waals surface area (Å²) >= 11 is 0. The Labute approximate surface area is 237 Å². The van der Waals surface area contributed by atoms with Crippen LogP contribution in [0.2, 0.25) is 0 Å². The summed E-state index contributed by atoms with van der Waals surface area (Å²) in [6, 6.07) is 5.21. The summed E-state index contributed by atoms with van der Waals surface area (Å²) in [5, 5.41) is 17.0. The van der Waals surface area contributed by atoms with Crippen molar-refractivity contribution in [2.24, 2.45) is 17.6 Å². The van der Waals surface area contributed by atoms with Gasteiger partial charge in [-0.05, 0) is 62.8 Å². The van der Waals surface area contributed by atoms with Crippen molar-refractivity contribution < 1.29 is 19.1 Å². The van der Waals surface area contributed by atoms with E-state index in [1.54, 1.807) is 26.1 Å². The van der Waals surface area contributed by atoms with Crippen LogP contribution in [-0.4, -0.2) is 79.4 Å². The zero-order chi connectivity index (χ0) is 28.6. The SMILES string of the molecule is C[C@@H]1C(=O)N[C@H](Cc2ccc(C(=N)N)cc2)C(=O)NCCCC2CCCCC2OCCN[C@@H](C2CC2)C(=O)N1C. The molecule has 1 heterocycles. The monoisotopic (exact) mass is 554 g/mol. The number of nitrogens with zero attached hydrogens (tertiary/aromatic N) is 1. The van der Waals surface area contributed by atoms with E-state index in [1.807, 2.05) is 12.1 Å². The van der Waals surface area contributed by atoms with Gasteiger partial charge in [0.1, 0.15) is 17.9 Å². The van der Waals surface area contributed by atoms with Crippen LogP contribution < -0.4 is 21.7 Å². The molecule has 2 aliphatic carbocycles. The van der Waals surface area contributed by atoms with Gasteiger partial charge in [0.2, 0.25) is 17.7 Å². The van der Waals surface area contributed by atoms with E-state index in [0.29, 0.717) is 31.2 Å². The quantitative estimate of drug-likeness (QED) is 0.282. The van der Waals surface area contributed by atoms with E-state index in [1.165, 1.54) is 17.7 Å². The number of carbonyl (C=O) groups is 3. The molecule has 4 rings (SSSR count). The number of carbonyl (C=O) groups excluding carboxylic acids is 3. The average molecular weight is 555 g/mol. The summed E-state index contributed by atoms with van der Waals surface area (Å²) < 4.78 is 6.31. The number of likely N-dealkylation sites (N-methyl/N-ethyl adjacent to an activating group) is 1. The minimum absolute atomic E-state index is 0.0278. The molecule has 220 valence electrons. The molecular formula is C30H46N6O4. The van der Waals surface area contributed by atoms with Gasteiger partial charge in [0.15, 0.2) is 0 Å². The predicted octanol–water partition coefficient (Wildman–Crippen LogP) is 1.70. The van der Waals surface area contributed by atoms with Crippen LogP contribution >= 0.6 is 0 Å². The van der Waals surface area contributed by atoms with Crippen LogP contribution in [0, 0.1) is 17.2 Å². The summed E-state index contributed by atoms with van der Waals surface area (Å²) in [6.07, 6.45) is 8.87. The fourth-order valence-electron chi connectivity index (χ4n) is 5.88. The second kappa shape index (κ2) is 14.1. The van der Waals surface area contributed by atoms with Gasteiger partial charge in [-0.15, -0.1) is 0 Å². The summed E-state index contributed by atoms with van der Waals surface area (Å²) in [5.74, 6) is -0.0226. The van der Waals surface area contributed by atoms with E-state index in [4.69, 9.17) is 15.9 Å². The molecule has 10 heteroatoms. The molecule has 3 aliphatic rings. The summed E-state index contributed by atoms with van der Waals surface area (Å²) in [4.78, 5) is 41.6. The Balaban J connectivity index is 1.51. The number of nitrogens with two attached hydrogens (primary N) is 1. The lowest BCUT2D eigenvalue weighted by molar-refractivity contribution is -0.141. The molecule has 2 unspecified atom stereocenters.